The molecule has 0 aliphatic rings. The van der Waals surface area contributed by atoms with Crippen molar-refractivity contribution >= 4 is 16.6 Å². The molecule has 0 saturated carbocycles. The molecule has 0 aliphatic carbocycles. The molecule has 0 bridgehead atoms. The van der Waals surface area contributed by atoms with Gasteiger partial charge in [0.2, 0.25) is 0 Å². The molecule has 3 nitrogen and oxygen atoms in total. The molecule has 0 aliphatic heterocycles. The highest BCUT2D eigenvalue weighted by Gasteiger charge is 2.21. The number of rotatable bonds is 4. The molecular weight excluding hydrogens is 288 g/mol. The summed E-state index contributed by atoms with van der Waals surface area (Å²) in [7, 11) is 0. The molecule has 0 aromatic heterocycles. The molecule has 3 heteroatoms. The van der Waals surface area contributed by atoms with Gasteiger partial charge in [0, 0.05) is 5.56 Å². The highest BCUT2D eigenvalue weighted by molar-refractivity contribution is 6.12. The Morgan fingerprint density at radius 2 is 1.83 bits per heavy atom. The fourth-order valence-corrected chi connectivity index (χ4v) is 2.82. The Bertz CT molecular complexity index is 781. The minimum absolute atomic E-state index is 0.184. The van der Waals surface area contributed by atoms with Crippen LogP contribution in [0.3, 0.4) is 0 Å². The first kappa shape index (κ1) is 17.2. The van der Waals surface area contributed by atoms with Gasteiger partial charge in [-0.25, -0.2) is 0 Å². The smallest absolute Gasteiger partial charge is 0.196 e. The van der Waals surface area contributed by atoms with Gasteiger partial charge in [-0.1, -0.05) is 31.6 Å². The predicted molar refractivity (Wildman–Crippen MR) is 94.2 cm³/mol. The fourth-order valence-electron chi connectivity index (χ4n) is 2.82. The molecule has 0 heterocycles. The van der Waals surface area contributed by atoms with Gasteiger partial charge in [-0.15, -0.1) is 0 Å². The van der Waals surface area contributed by atoms with Gasteiger partial charge in [-0.2, -0.15) is 0 Å². The van der Waals surface area contributed by atoms with Crippen LogP contribution < -0.4 is 0 Å². The third kappa shape index (κ3) is 3.45. The zero-order valence-corrected chi connectivity index (χ0v) is 14.3. The number of fused-ring (bicyclic) bond motifs is 1. The molecule has 2 N–H and O–H groups in total. The number of aliphatic hydroxyl groups is 1. The molecule has 0 saturated heterocycles. The van der Waals surface area contributed by atoms with Crippen molar-refractivity contribution in [3.05, 3.63) is 52.6 Å². The van der Waals surface area contributed by atoms with E-state index in [2.05, 4.69) is 0 Å². The molecule has 0 radical (unpaired) electrons. The Balaban J connectivity index is 2.68. The number of aryl methyl sites for hydroxylation is 1. The lowest BCUT2D eigenvalue weighted by molar-refractivity contribution is 0.0820. The number of phenols is 1. The van der Waals surface area contributed by atoms with Gasteiger partial charge >= 0.3 is 0 Å². The molecule has 23 heavy (non-hydrogen) atoms. The van der Waals surface area contributed by atoms with Crippen LogP contribution in [0, 0.1) is 6.92 Å². The molecule has 0 fully saturated rings. The van der Waals surface area contributed by atoms with Crippen molar-refractivity contribution in [2.24, 2.45) is 0 Å². The predicted octanol–water partition coefficient (Wildman–Crippen LogP) is 4.49. The van der Waals surface area contributed by atoms with Crippen LogP contribution in [0.2, 0.25) is 0 Å². The van der Waals surface area contributed by atoms with Gasteiger partial charge in [0.05, 0.1) is 0 Å². The number of ketones is 1. The number of phenolic OH excluding ortho intramolecular Hbond substituents is 1. The number of hydrogen-bond donors (Lipinski definition) is 2. The normalized spacial score (nSPS) is 12.5. The van der Waals surface area contributed by atoms with E-state index in [1.54, 1.807) is 12.1 Å². The lowest BCUT2D eigenvalue weighted by atomic mass is 9.90. The Kier molecular flexibility index (Phi) is 4.90. The summed E-state index contributed by atoms with van der Waals surface area (Å²) < 4.78 is 0. The highest BCUT2D eigenvalue weighted by Crippen LogP contribution is 2.33. The Hall–Kier alpha value is -2.13. The second-order valence-corrected chi connectivity index (χ2v) is 6.60. The summed E-state index contributed by atoms with van der Waals surface area (Å²) in [4.78, 5) is 12.7. The van der Waals surface area contributed by atoms with Crippen LogP contribution in [-0.2, 0) is 0 Å². The van der Waals surface area contributed by atoms with Crippen molar-refractivity contribution < 1.29 is 15.0 Å². The van der Waals surface area contributed by atoms with Gasteiger partial charge in [0.15, 0.2) is 5.78 Å². The third-order valence-electron chi connectivity index (χ3n) is 4.00. The standard InChI is InChI=1S/C20H24O3/c1-11(2)8-18(22)20(23)19-13(5)6-7-14-9-15(12(3)4)17(21)10-16(14)19/h6-10,12,18,21-22H,1-5H3. The van der Waals surface area contributed by atoms with Crippen molar-refractivity contribution in [2.45, 2.75) is 46.6 Å². The van der Waals surface area contributed by atoms with E-state index in [1.165, 1.54) is 0 Å². The minimum atomic E-state index is -1.17. The first-order chi connectivity index (χ1) is 10.7. The van der Waals surface area contributed by atoms with Crippen LogP contribution in [0.4, 0.5) is 0 Å². The van der Waals surface area contributed by atoms with E-state index in [0.29, 0.717) is 10.9 Å². The maximum Gasteiger partial charge on any atom is 0.196 e. The van der Waals surface area contributed by atoms with Crippen molar-refractivity contribution in [2.75, 3.05) is 0 Å². The number of carbonyl (C=O) groups excluding carboxylic acids is 1. The van der Waals surface area contributed by atoms with Crippen molar-refractivity contribution in [1.82, 2.24) is 0 Å². The van der Waals surface area contributed by atoms with Crippen LogP contribution in [-0.4, -0.2) is 22.1 Å². The summed E-state index contributed by atoms with van der Waals surface area (Å²) in [6.45, 7) is 9.55. The zero-order valence-electron chi connectivity index (χ0n) is 14.3. The zero-order chi connectivity index (χ0) is 17.3. The fraction of sp³-hybridized carbons (Fsp3) is 0.350. The number of aliphatic hydroxyl groups excluding tert-OH is 1. The van der Waals surface area contributed by atoms with E-state index in [9.17, 15) is 15.0 Å². The summed E-state index contributed by atoms with van der Waals surface area (Å²) in [5.41, 5.74) is 3.00. The molecule has 1 atom stereocenters. The SMILES string of the molecule is CC(C)=CC(O)C(=O)c1c(C)ccc2cc(C(C)C)c(O)cc12. The molecule has 122 valence electrons. The highest BCUT2D eigenvalue weighted by atomic mass is 16.3. The second kappa shape index (κ2) is 6.55. The van der Waals surface area contributed by atoms with Crippen LogP contribution in [0.15, 0.2) is 35.9 Å². The Morgan fingerprint density at radius 3 is 2.39 bits per heavy atom. The molecule has 1 unspecified atom stereocenters. The summed E-state index contributed by atoms with van der Waals surface area (Å²) in [6, 6.07) is 7.38. The number of allylic oxidation sites excluding steroid dienone is 1. The topological polar surface area (TPSA) is 57.5 Å². The number of carbonyl (C=O) groups is 1. The molecule has 0 spiro atoms. The summed E-state index contributed by atoms with van der Waals surface area (Å²) in [6.07, 6.45) is 0.374. The van der Waals surface area contributed by atoms with Crippen LogP contribution in [0.5, 0.6) is 5.75 Å². The van der Waals surface area contributed by atoms with E-state index in [-0.39, 0.29) is 17.5 Å². The van der Waals surface area contributed by atoms with Gasteiger partial charge < -0.3 is 10.2 Å². The van der Waals surface area contributed by atoms with E-state index >= 15 is 0 Å². The molecular formula is C20H24O3. The maximum atomic E-state index is 12.7. The van der Waals surface area contributed by atoms with Crippen LogP contribution in [0.25, 0.3) is 10.8 Å². The molecule has 2 rings (SSSR count). The first-order valence-corrected chi connectivity index (χ1v) is 7.86. The van der Waals surface area contributed by atoms with E-state index in [0.717, 1.165) is 22.1 Å². The quantitative estimate of drug-likeness (QED) is 0.646. The lowest BCUT2D eigenvalue weighted by Crippen LogP contribution is -2.19. The van der Waals surface area contributed by atoms with Crippen molar-refractivity contribution in [3.63, 3.8) is 0 Å². The van der Waals surface area contributed by atoms with Gasteiger partial charge in [0.1, 0.15) is 11.9 Å². The summed E-state index contributed by atoms with van der Waals surface area (Å²) in [5.74, 6) is 0.0333. The average molecular weight is 312 g/mol. The van der Waals surface area contributed by atoms with E-state index in [4.69, 9.17) is 0 Å². The number of aromatic hydroxyl groups is 1. The lowest BCUT2D eigenvalue weighted by Gasteiger charge is -2.15. The second-order valence-electron chi connectivity index (χ2n) is 6.60. The molecule has 2 aromatic carbocycles. The van der Waals surface area contributed by atoms with Crippen LogP contribution >= 0.6 is 0 Å². The van der Waals surface area contributed by atoms with E-state index in [1.807, 2.05) is 52.8 Å². The number of benzene rings is 2. The van der Waals surface area contributed by atoms with Crippen molar-refractivity contribution in [1.29, 1.82) is 0 Å². The number of Topliss-reactive ketones (excluding diaryl/α,β-unsaturated/α-hetero) is 1. The average Bonchev–Trinajstić information content (AvgIpc) is 2.45. The maximum absolute atomic E-state index is 12.7. The van der Waals surface area contributed by atoms with Crippen LogP contribution in [0.1, 0.15) is 55.1 Å². The first-order valence-electron chi connectivity index (χ1n) is 7.86. The van der Waals surface area contributed by atoms with Gasteiger partial charge in [0.25, 0.3) is 0 Å². The van der Waals surface area contributed by atoms with Crippen molar-refractivity contribution in [3.8, 4) is 5.75 Å². The monoisotopic (exact) mass is 312 g/mol. The summed E-state index contributed by atoms with van der Waals surface area (Å²) >= 11 is 0. The molecule has 2 aromatic rings. The minimum Gasteiger partial charge on any atom is -0.508 e. The molecule has 0 amide bonds. The third-order valence-corrected chi connectivity index (χ3v) is 4.00. The Labute approximate surface area is 137 Å². The largest absolute Gasteiger partial charge is 0.508 e. The van der Waals surface area contributed by atoms with Gasteiger partial charge in [-0.05, 0) is 66.8 Å². The van der Waals surface area contributed by atoms with Gasteiger partial charge in [-0.3, -0.25) is 4.79 Å². The number of hydrogen-bond acceptors (Lipinski definition) is 3. The Morgan fingerprint density at radius 1 is 1.17 bits per heavy atom. The summed E-state index contributed by atoms with van der Waals surface area (Å²) in [5, 5.41) is 22.0. The van der Waals surface area contributed by atoms with E-state index < -0.39 is 6.10 Å².